The van der Waals surface area contributed by atoms with Crippen molar-refractivity contribution in [1.29, 1.82) is 0 Å². The number of halogens is 1. The number of fused-ring (bicyclic) bond motifs is 1. The van der Waals surface area contributed by atoms with E-state index in [1.54, 1.807) is 0 Å². The summed E-state index contributed by atoms with van der Waals surface area (Å²) >= 11 is 6.86. The van der Waals surface area contributed by atoms with E-state index in [0.717, 1.165) is 18.8 Å². The highest BCUT2D eigenvalue weighted by Crippen LogP contribution is 2.59. The van der Waals surface area contributed by atoms with Crippen LogP contribution in [0.2, 0.25) is 0 Å². The maximum absolute atomic E-state index is 6.86. The van der Waals surface area contributed by atoms with E-state index >= 15 is 0 Å². The van der Waals surface area contributed by atoms with Crippen molar-refractivity contribution in [3.63, 3.8) is 0 Å². The largest absolute Gasteiger partial charge is 0.493 e. The summed E-state index contributed by atoms with van der Waals surface area (Å²) < 4.78 is 5.58. The maximum atomic E-state index is 6.86. The lowest BCUT2D eigenvalue weighted by Crippen LogP contribution is -2.14. The molecule has 102 valence electrons. The molecule has 0 amide bonds. The number of hydrogen-bond donors (Lipinski definition) is 0. The molecule has 2 heteroatoms. The quantitative estimate of drug-likeness (QED) is 0.747. The summed E-state index contributed by atoms with van der Waals surface area (Å²) in [6.45, 7) is 0.801. The van der Waals surface area contributed by atoms with Gasteiger partial charge in [0.15, 0.2) is 0 Å². The Kier molecular flexibility index (Phi) is 2.78. The van der Waals surface area contributed by atoms with Crippen molar-refractivity contribution in [3.05, 3.63) is 65.2 Å². The molecule has 1 fully saturated rings. The molecular formula is C18H17ClO. The van der Waals surface area contributed by atoms with E-state index < -0.39 is 0 Å². The first-order chi connectivity index (χ1) is 9.79. The van der Waals surface area contributed by atoms with Gasteiger partial charge in [-0.15, -0.1) is 11.6 Å². The Balaban J connectivity index is 1.69. The monoisotopic (exact) mass is 284 g/mol. The van der Waals surface area contributed by atoms with E-state index in [-0.39, 0.29) is 10.8 Å². The normalized spacial score (nSPS) is 20.1. The first-order valence-electron chi connectivity index (χ1n) is 7.25. The van der Waals surface area contributed by atoms with E-state index in [4.69, 9.17) is 16.3 Å². The Morgan fingerprint density at radius 1 is 1.05 bits per heavy atom. The van der Waals surface area contributed by atoms with Gasteiger partial charge >= 0.3 is 0 Å². The summed E-state index contributed by atoms with van der Waals surface area (Å²) in [5.41, 5.74) is 4.04. The zero-order valence-electron chi connectivity index (χ0n) is 11.3. The molecule has 1 saturated carbocycles. The highest BCUT2D eigenvalue weighted by atomic mass is 35.5. The Hall–Kier alpha value is -1.47. The molecular weight excluding hydrogens is 268 g/mol. The number of alkyl halides is 1. The molecule has 1 heterocycles. The van der Waals surface area contributed by atoms with Crippen LogP contribution in [-0.2, 0) is 11.8 Å². The predicted molar refractivity (Wildman–Crippen MR) is 81.6 cm³/mol. The van der Waals surface area contributed by atoms with E-state index in [9.17, 15) is 0 Å². The molecule has 0 spiro atoms. The molecule has 0 N–H and O–H groups in total. The van der Waals surface area contributed by atoms with Crippen LogP contribution in [-0.4, -0.2) is 6.61 Å². The molecule has 4 rings (SSSR count). The van der Waals surface area contributed by atoms with Gasteiger partial charge < -0.3 is 4.74 Å². The smallest absolute Gasteiger partial charge is 0.122 e. The topological polar surface area (TPSA) is 9.23 Å². The molecule has 2 aromatic rings. The molecule has 2 aliphatic rings. The van der Waals surface area contributed by atoms with Crippen LogP contribution in [0.15, 0.2) is 48.5 Å². The maximum Gasteiger partial charge on any atom is 0.122 e. The number of ether oxygens (including phenoxy) is 1. The fourth-order valence-corrected chi connectivity index (χ4v) is 3.76. The van der Waals surface area contributed by atoms with Crippen molar-refractivity contribution in [3.8, 4) is 5.75 Å². The Morgan fingerprint density at radius 3 is 2.60 bits per heavy atom. The van der Waals surface area contributed by atoms with Crippen LogP contribution >= 0.6 is 11.6 Å². The van der Waals surface area contributed by atoms with Gasteiger partial charge in [0.2, 0.25) is 0 Å². The molecule has 0 bridgehead atoms. The van der Waals surface area contributed by atoms with Gasteiger partial charge in [-0.2, -0.15) is 0 Å². The average molecular weight is 285 g/mol. The number of hydrogen-bond acceptors (Lipinski definition) is 1. The second-order valence-electron chi connectivity index (χ2n) is 5.85. The van der Waals surface area contributed by atoms with Crippen molar-refractivity contribution in [2.45, 2.75) is 30.1 Å². The highest BCUT2D eigenvalue weighted by Gasteiger charge is 2.50. The van der Waals surface area contributed by atoms with Crippen LogP contribution in [0.1, 0.15) is 34.9 Å². The van der Waals surface area contributed by atoms with Crippen molar-refractivity contribution in [1.82, 2.24) is 0 Å². The third-order valence-corrected chi connectivity index (χ3v) is 5.30. The first-order valence-corrected chi connectivity index (χ1v) is 7.68. The minimum absolute atomic E-state index is 0.0517. The van der Waals surface area contributed by atoms with Gasteiger partial charge in [0.25, 0.3) is 0 Å². The minimum Gasteiger partial charge on any atom is -0.493 e. The van der Waals surface area contributed by atoms with Gasteiger partial charge in [-0.3, -0.25) is 0 Å². The third-order valence-electron chi connectivity index (χ3n) is 4.63. The van der Waals surface area contributed by atoms with Crippen molar-refractivity contribution in [2.75, 3.05) is 6.61 Å². The number of rotatable bonds is 3. The molecule has 1 atom stereocenters. The predicted octanol–water partition coefficient (Wildman–Crippen LogP) is 4.63. The Bertz CT molecular complexity index is 631. The SMILES string of the molecule is ClC(c1ccc2c(c1)CCO2)C1(c2ccccc2)CC1. The van der Waals surface area contributed by atoms with E-state index in [2.05, 4.69) is 48.5 Å². The molecule has 0 aromatic heterocycles. The standard InChI is InChI=1S/C18H17ClO/c19-17(14-6-7-16-13(12-14)8-11-20-16)18(9-10-18)15-4-2-1-3-5-15/h1-7,12,17H,8-11H2. The lowest BCUT2D eigenvalue weighted by Gasteiger charge is -2.23. The lowest BCUT2D eigenvalue weighted by atomic mass is 9.87. The van der Waals surface area contributed by atoms with Gasteiger partial charge in [0, 0.05) is 11.8 Å². The van der Waals surface area contributed by atoms with Crippen LogP contribution < -0.4 is 4.74 Å². The van der Waals surface area contributed by atoms with Crippen LogP contribution in [0.3, 0.4) is 0 Å². The van der Waals surface area contributed by atoms with E-state index in [0.29, 0.717) is 0 Å². The van der Waals surface area contributed by atoms with Gasteiger partial charge in [-0.25, -0.2) is 0 Å². The van der Waals surface area contributed by atoms with Crippen molar-refractivity contribution >= 4 is 11.6 Å². The minimum atomic E-state index is 0.0517. The van der Waals surface area contributed by atoms with Crippen molar-refractivity contribution in [2.24, 2.45) is 0 Å². The van der Waals surface area contributed by atoms with Gasteiger partial charge in [0.05, 0.1) is 12.0 Å². The summed E-state index contributed by atoms with van der Waals surface area (Å²) in [5.74, 6) is 1.03. The lowest BCUT2D eigenvalue weighted by molar-refractivity contribution is 0.357. The second kappa shape index (κ2) is 4.53. The molecule has 2 aromatic carbocycles. The average Bonchev–Trinajstić information content (AvgIpc) is 3.18. The highest BCUT2D eigenvalue weighted by molar-refractivity contribution is 6.22. The molecule has 20 heavy (non-hydrogen) atoms. The summed E-state index contributed by atoms with van der Waals surface area (Å²) in [4.78, 5) is 0. The molecule has 0 radical (unpaired) electrons. The Labute approximate surface area is 124 Å². The summed E-state index contributed by atoms with van der Waals surface area (Å²) in [5, 5.41) is 0.0517. The zero-order chi connectivity index (χ0) is 13.6. The van der Waals surface area contributed by atoms with Crippen LogP contribution in [0.5, 0.6) is 5.75 Å². The summed E-state index contributed by atoms with van der Waals surface area (Å²) in [6, 6.07) is 17.1. The summed E-state index contributed by atoms with van der Waals surface area (Å²) in [7, 11) is 0. The first kappa shape index (κ1) is 12.3. The summed E-state index contributed by atoms with van der Waals surface area (Å²) in [6.07, 6.45) is 3.36. The fourth-order valence-electron chi connectivity index (χ4n) is 3.28. The van der Waals surface area contributed by atoms with Gasteiger partial charge in [0.1, 0.15) is 5.75 Å². The molecule has 1 unspecified atom stereocenters. The second-order valence-corrected chi connectivity index (χ2v) is 6.29. The molecule has 0 saturated heterocycles. The van der Waals surface area contributed by atoms with Gasteiger partial charge in [-0.05, 0) is 35.6 Å². The molecule has 1 aliphatic carbocycles. The van der Waals surface area contributed by atoms with Crippen LogP contribution in [0, 0.1) is 0 Å². The van der Waals surface area contributed by atoms with E-state index in [1.807, 2.05) is 0 Å². The van der Waals surface area contributed by atoms with Crippen LogP contribution in [0.4, 0.5) is 0 Å². The zero-order valence-corrected chi connectivity index (χ0v) is 12.1. The van der Waals surface area contributed by atoms with Crippen LogP contribution in [0.25, 0.3) is 0 Å². The number of benzene rings is 2. The Morgan fingerprint density at radius 2 is 1.85 bits per heavy atom. The third kappa shape index (κ3) is 1.84. The van der Waals surface area contributed by atoms with E-state index in [1.165, 1.54) is 29.5 Å². The van der Waals surface area contributed by atoms with Gasteiger partial charge in [-0.1, -0.05) is 42.5 Å². The molecule has 1 nitrogen and oxygen atoms in total. The molecule has 1 aliphatic heterocycles. The fraction of sp³-hybridized carbons (Fsp3) is 0.333. The van der Waals surface area contributed by atoms with Crippen molar-refractivity contribution < 1.29 is 4.74 Å².